The molecular formula is C12H8ClN3O4. The average Bonchev–Trinajstić information content (AvgIpc) is 2.40. The third-order valence-corrected chi connectivity index (χ3v) is 2.87. The molecule has 0 saturated heterocycles. The molecule has 7 nitrogen and oxygen atoms in total. The van der Waals surface area contributed by atoms with Crippen molar-refractivity contribution in [2.24, 2.45) is 0 Å². The van der Waals surface area contributed by atoms with Crippen molar-refractivity contribution in [2.45, 2.75) is 0 Å². The summed E-state index contributed by atoms with van der Waals surface area (Å²) < 4.78 is 0. The molecule has 0 radical (unpaired) electrons. The predicted molar refractivity (Wildman–Crippen MR) is 74.5 cm³/mol. The zero-order valence-corrected chi connectivity index (χ0v) is 10.7. The molecule has 0 saturated carbocycles. The minimum absolute atomic E-state index is 0.0114. The maximum absolute atomic E-state index is 11.1. The van der Waals surface area contributed by atoms with Gasteiger partial charge in [0.25, 0.3) is 0 Å². The van der Waals surface area contributed by atoms with Crippen molar-refractivity contribution in [3.05, 3.63) is 67.7 Å². The molecule has 0 unspecified atom stereocenters. The Balaban J connectivity index is 2.52. The fourth-order valence-corrected chi connectivity index (χ4v) is 1.86. The highest BCUT2D eigenvalue weighted by Gasteiger charge is 2.28. The van der Waals surface area contributed by atoms with Crippen LogP contribution in [0.5, 0.6) is 0 Å². The number of para-hydroxylation sites is 2. The van der Waals surface area contributed by atoms with Gasteiger partial charge in [-0.2, -0.15) is 0 Å². The summed E-state index contributed by atoms with van der Waals surface area (Å²) in [6.07, 6.45) is 0. The summed E-state index contributed by atoms with van der Waals surface area (Å²) >= 11 is 5.94. The average molecular weight is 294 g/mol. The molecule has 0 aliphatic heterocycles. The lowest BCUT2D eigenvalue weighted by Crippen LogP contribution is -2.01. The van der Waals surface area contributed by atoms with E-state index in [0.29, 0.717) is 10.7 Å². The molecule has 0 amide bonds. The van der Waals surface area contributed by atoms with Gasteiger partial charge in [-0.3, -0.25) is 20.2 Å². The molecule has 0 atom stereocenters. The molecule has 0 fully saturated rings. The molecule has 0 bridgehead atoms. The van der Waals surface area contributed by atoms with Crippen LogP contribution in [0.2, 0.25) is 5.02 Å². The van der Waals surface area contributed by atoms with Gasteiger partial charge in [-0.15, -0.1) is 0 Å². The molecule has 20 heavy (non-hydrogen) atoms. The van der Waals surface area contributed by atoms with Gasteiger partial charge in [-0.1, -0.05) is 29.8 Å². The van der Waals surface area contributed by atoms with Crippen LogP contribution < -0.4 is 5.32 Å². The van der Waals surface area contributed by atoms with Crippen LogP contribution in [0.15, 0.2) is 42.5 Å². The molecular weight excluding hydrogens is 286 g/mol. The van der Waals surface area contributed by atoms with Gasteiger partial charge >= 0.3 is 11.4 Å². The van der Waals surface area contributed by atoms with E-state index in [2.05, 4.69) is 5.32 Å². The van der Waals surface area contributed by atoms with Crippen molar-refractivity contribution in [3.8, 4) is 0 Å². The molecule has 0 aliphatic carbocycles. The summed E-state index contributed by atoms with van der Waals surface area (Å²) in [6, 6.07) is 10.4. The smallest absolute Gasteiger partial charge is 0.348 e. The summed E-state index contributed by atoms with van der Waals surface area (Å²) in [7, 11) is 0. The Morgan fingerprint density at radius 3 is 2.15 bits per heavy atom. The standard InChI is InChI=1S/C12H8ClN3O4/c13-8-4-1-2-5-9(8)14-10-6-3-7-11(15(17)18)12(10)16(19)20/h1-7,14H. The van der Waals surface area contributed by atoms with E-state index in [1.807, 2.05) is 0 Å². The van der Waals surface area contributed by atoms with Crippen molar-refractivity contribution >= 4 is 34.4 Å². The number of nitrogens with zero attached hydrogens (tertiary/aromatic N) is 2. The molecule has 0 heterocycles. The SMILES string of the molecule is O=[N+]([O-])c1cccc(Nc2ccccc2Cl)c1[N+](=O)[O-]. The zero-order chi connectivity index (χ0) is 14.7. The van der Waals surface area contributed by atoms with Crippen LogP contribution >= 0.6 is 11.6 Å². The van der Waals surface area contributed by atoms with E-state index >= 15 is 0 Å². The van der Waals surface area contributed by atoms with Crippen LogP contribution in [0, 0.1) is 20.2 Å². The van der Waals surface area contributed by atoms with Gasteiger partial charge < -0.3 is 5.32 Å². The second-order valence-corrected chi connectivity index (χ2v) is 4.20. The number of nitrogens with one attached hydrogen (secondary N) is 1. The van der Waals surface area contributed by atoms with Crippen LogP contribution in [0.25, 0.3) is 0 Å². The Bertz CT molecular complexity index is 690. The molecule has 0 aromatic heterocycles. The maximum Gasteiger partial charge on any atom is 0.369 e. The van der Waals surface area contributed by atoms with Crippen LogP contribution in [-0.2, 0) is 0 Å². The predicted octanol–water partition coefficient (Wildman–Crippen LogP) is 3.90. The monoisotopic (exact) mass is 293 g/mol. The van der Waals surface area contributed by atoms with E-state index in [0.717, 1.165) is 6.07 Å². The number of benzene rings is 2. The topological polar surface area (TPSA) is 98.3 Å². The van der Waals surface area contributed by atoms with Gasteiger partial charge in [0.2, 0.25) is 0 Å². The molecule has 2 aromatic rings. The molecule has 1 N–H and O–H groups in total. The van der Waals surface area contributed by atoms with Crippen molar-refractivity contribution in [1.82, 2.24) is 0 Å². The zero-order valence-electron chi connectivity index (χ0n) is 9.95. The van der Waals surface area contributed by atoms with Crippen molar-refractivity contribution in [3.63, 3.8) is 0 Å². The highest BCUT2D eigenvalue weighted by molar-refractivity contribution is 6.33. The fourth-order valence-electron chi connectivity index (χ4n) is 1.68. The van der Waals surface area contributed by atoms with E-state index in [9.17, 15) is 20.2 Å². The number of rotatable bonds is 4. The first-order valence-corrected chi connectivity index (χ1v) is 5.82. The number of anilines is 2. The lowest BCUT2D eigenvalue weighted by atomic mass is 10.2. The van der Waals surface area contributed by atoms with Crippen molar-refractivity contribution in [1.29, 1.82) is 0 Å². The van der Waals surface area contributed by atoms with Gasteiger partial charge in [0, 0.05) is 6.07 Å². The van der Waals surface area contributed by atoms with E-state index < -0.39 is 21.2 Å². The number of hydrogen-bond donors (Lipinski definition) is 1. The van der Waals surface area contributed by atoms with Gasteiger partial charge in [0.15, 0.2) is 0 Å². The highest BCUT2D eigenvalue weighted by atomic mass is 35.5. The maximum atomic E-state index is 11.1. The molecule has 2 aromatic carbocycles. The number of hydrogen-bond acceptors (Lipinski definition) is 5. The molecule has 0 aliphatic rings. The minimum atomic E-state index is -0.796. The van der Waals surface area contributed by atoms with Gasteiger partial charge in [-0.25, -0.2) is 0 Å². The van der Waals surface area contributed by atoms with E-state index in [4.69, 9.17) is 11.6 Å². The lowest BCUT2D eigenvalue weighted by molar-refractivity contribution is -0.421. The van der Waals surface area contributed by atoms with Crippen LogP contribution in [0.1, 0.15) is 0 Å². The summed E-state index contributed by atoms with van der Waals surface area (Å²) in [5, 5.41) is 25.0. The van der Waals surface area contributed by atoms with Crippen molar-refractivity contribution in [2.75, 3.05) is 5.32 Å². The molecule has 0 spiro atoms. The van der Waals surface area contributed by atoms with Gasteiger partial charge in [0.1, 0.15) is 5.69 Å². The summed E-state index contributed by atoms with van der Waals surface area (Å²) in [4.78, 5) is 20.3. The Morgan fingerprint density at radius 1 is 0.900 bits per heavy atom. The van der Waals surface area contributed by atoms with Crippen molar-refractivity contribution < 1.29 is 9.85 Å². The quantitative estimate of drug-likeness (QED) is 0.681. The van der Waals surface area contributed by atoms with Crippen LogP contribution in [0.3, 0.4) is 0 Å². The first-order valence-electron chi connectivity index (χ1n) is 5.44. The third-order valence-electron chi connectivity index (χ3n) is 2.54. The van der Waals surface area contributed by atoms with E-state index in [1.165, 1.54) is 12.1 Å². The lowest BCUT2D eigenvalue weighted by Gasteiger charge is -2.08. The van der Waals surface area contributed by atoms with Gasteiger partial charge in [-0.05, 0) is 18.2 Å². The Morgan fingerprint density at radius 2 is 1.55 bits per heavy atom. The Hall–Kier alpha value is -2.67. The Labute approximate surface area is 118 Å². The van der Waals surface area contributed by atoms with E-state index in [1.54, 1.807) is 24.3 Å². The largest absolute Gasteiger partial charge is 0.369 e. The van der Waals surface area contributed by atoms with Crippen LogP contribution in [-0.4, -0.2) is 9.85 Å². The highest BCUT2D eigenvalue weighted by Crippen LogP contribution is 2.37. The van der Waals surface area contributed by atoms with Crippen LogP contribution in [0.4, 0.5) is 22.7 Å². The molecule has 2 rings (SSSR count). The third kappa shape index (κ3) is 2.67. The minimum Gasteiger partial charge on any atom is -0.348 e. The number of nitro benzene ring substituents is 2. The second kappa shape index (κ2) is 5.54. The first-order chi connectivity index (χ1) is 9.50. The number of nitro groups is 2. The molecule has 8 heteroatoms. The summed E-state index contributed by atoms with van der Waals surface area (Å²) in [5.74, 6) is 0. The molecule has 102 valence electrons. The first kappa shape index (κ1) is 13.8. The van der Waals surface area contributed by atoms with Gasteiger partial charge in [0.05, 0.1) is 20.6 Å². The second-order valence-electron chi connectivity index (χ2n) is 3.79. The normalized spacial score (nSPS) is 10.1. The fraction of sp³-hybridized carbons (Fsp3) is 0. The summed E-state index contributed by atoms with van der Waals surface area (Å²) in [6.45, 7) is 0. The summed E-state index contributed by atoms with van der Waals surface area (Å²) in [5.41, 5.74) is -0.737. The van der Waals surface area contributed by atoms with E-state index in [-0.39, 0.29) is 5.69 Å². The number of halogens is 1. The Kier molecular flexibility index (Phi) is 3.81.